The van der Waals surface area contributed by atoms with E-state index in [9.17, 15) is 4.79 Å². The minimum absolute atomic E-state index is 0.0926. The van der Waals surface area contributed by atoms with E-state index in [0.717, 1.165) is 5.69 Å². The lowest BCUT2D eigenvalue weighted by molar-refractivity contribution is -0.119. The molecule has 1 aromatic heterocycles. The summed E-state index contributed by atoms with van der Waals surface area (Å²) in [5.74, 6) is -0.0926. The molecule has 0 aliphatic heterocycles. The fourth-order valence-corrected chi connectivity index (χ4v) is 1.22. The van der Waals surface area contributed by atoms with Crippen molar-refractivity contribution in [2.45, 2.75) is 0 Å². The lowest BCUT2D eigenvalue weighted by Gasteiger charge is -2.07. The maximum Gasteiger partial charge on any atom is 0.239 e. The quantitative estimate of drug-likeness (QED) is 0.576. The van der Waals surface area contributed by atoms with Gasteiger partial charge in [-0.2, -0.15) is 0 Å². The van der Waals surface area contributed by atoms with Gasteiger partial charge in [-0.3, -0.25) is 4.79 Å². The molecule has 2 N–H and O–H groups in total. The monoisotopic (exact) mass is 243 g/mol. The number of nitrogens with one attached hydrogen (secondary N) is 2. The van der Waals surface area contributed by atoms with Crippen LogP contribution in [-0.4, -0.2) is 37.7 Å². The fraction of sp³-hybridized carbons (Fsp3) is 0.400. The summed E-state index contributed by atoms with van der Waals surface area (Å²) in [7, 11) is 1.59. The molecule has 0 radical (unpaired) electrons. The number of carbonyl (C=O) groups excluding carboxylic acids is 1. The molecule has 5 nitrogen and oxygen atoms in total. The minimum atomic E-state index is -0.0926. The summed E-state index contributed by atoms with van der Waals surface area (Å²) in [6, 6.07) is 3.40. The Labute approximate surface area is 99.2 Å². The summed E-state index contributed by atoms with van der Waals surface area (Å²) in [6.45, 7) is 1.21. The van der Waals surface area contributed by atoms with Crippen LogP contribution in [0, 0.1) is 0 Å². The zero-order valence-corrected chi connectivity index (χ0v) is 9.75. The molecule has 0 bridgehead atoms. The Kier molecular flexibility index (Phi) is 5.60. The van der Waals surface area contributed by atoms with E-state index in [1.165, 1.54) is 0 Å². The molecule has 1 aromatic rings. The van der Waals surface area contributed by atoms with Crippen molar-refractivity contribution in [3.63, 3.8) is 0 Å². The van der Waals surface area contributed by atoms with Crippen LogP contribution >= 0.6 is 11.6 Å². The number of methoxy groups -OCH3 is 1. The van der Waals surface area contributed by atoms with Crippen LogP contribution in [-0.2, 0) is 9.53 Å². The first-order valence-corrected chi connectivity index (χ1v) is 5.21. The first-order chi connectivity index (χ1) is 7.72. The third-order valence-electron chi connectivity index (χ3n) is 1.81. The molecule has 1 amide bonds. The van der Waals surface area contributed by atoms with E-state index in [0.29, 0.717) is 18.3 Å². The molecule has 0 fully saturated rings. The zero-order valence-electron chi connectivity index (χ0n) is 9.00. The average Bonchev–Trinajstić information content (AvgIpc) is 2.27. The van der Waals surface area contributed by atoms with Crippen LogP contribution in [0.5, 0.6) is 0 Å². The molecule has 1 heterocycles. The van der Waals surface area contributed by atoms with Crippen molar-refractivity contribution < 1.29 is 9.53 Å². The highest BCUT2D eigenvalue weighted by Crippen LogP contribution is 2.10. The van der Waals surface area contributed by atoms with Gasteiger partial charge in [-0.25, -0.2) is 4.98 Å². The number of ether oxygens (including phenoxy) is 1. The molecule has 88 valence electrons. The van der Waals surface area contributed by atoms with Crippen LogP contribution in [0.4, 0.5) is 5.69 Å². The largest absolute Gasteiger partial charge is 0.383 e. The van der Waals surface area contributed by atoms with Gasteiger partial charge in [-0.05, 0) is 12.1 Å². The Balaban J connectivity index is 2.26. The van der Waals surface area contributed by atoms with Gasteiger partial charge in [0.05, 0.1) is 13.2 Å². The Morgan fingerprint density at radius 3 is 3.12 bits per heavy atom. The molecule has 0 spiro atoms. The second kappa shape index (κ2) is 7.03. The van der Waals surface area contributed by atoms with Gasteiger partial charge in [-0.1, -0.05) is 11.6 Å². The molecule has 0 aromatic carbocycles. The van der Waals surface area contributed by atoms with Gasteiger partial charge >= 0.3 is 0 Å². The number of aromatic nitrogens is 1. The van der Waals surface area contributed by atoms with Crippen molar-refractivity contribution in [2.75, 3.05) is 32.1 Å². The topological polar surface area (TPSA) is 63.2 Å². The summed E-state index contributed by atoms with van der Waals surface area (Å²) in [5, 5.41) is 6.02. The fourth-order valence-electron chi connectivity index (χ4n) is 1.05. The highest BCUT2D eigenvalue weighted by molar-refractivity contribution is 6.29. The highest BCUT2D eigenvalue weighted by atomic mass is 35.5. The van der Waals surface area contributed by atoms with E-state index >= 15 is 0 Å². The number of hydrogen-bond acceptors (Lipinski definition) is 4. The van der Waals surface area contributed by atoms with E-state index in [2.05, 4.69) is 15.6 Å². The van der Waals surface area contributed by atoms with Gasteiger partial charge in [0.2, 0.25) is 5.91 Å². The summed E-state index contributed by atoms with van der Waals surface area (Å²) in [4.78, 5) is 15.1. The smallest absolute Gasteiger partial charge is 0.239 e. The van der Waals surface area contributed by atoms with Crippen molar-refractivity contribution in [1.82, 2.24) is 10.3 Å². The number of amides is 1. The average molecular weight is 244 g/mol. The summed E-state index contributed by atoms with van der Waals surface area (Å²) < 4.78 is 4.81. The van der Waals surface area contributed by atoms with Crippen LogP contribution < -0.4 is 10.6 Å². The number of pyridine rings is 1. The molecular weight excluding hydrogens is 230 g/mol. The number of rotatable bonds is 6. The first kappa shape index (κ1) is 12.7. The van der Waals surface area contributed by atoms with Crippen molar-refractivity contribution in [3.8, 4) is 0 Å². The molecule has 1 rings (SSSR count). The van der Waals surface area contributed by atoms with E-state index in [4.69, 9.17) is 16.3 Å². The van der Waals surface area contributed by atoms with Crippen LogP contribution in [0.3, 0.4) is 0 Å². The number of halogens is 1. The lowest BCUT2D eigenvalue weighted by Crippen LogP contribution is -2.32. The molecule has 0 atom stereocenters. The first-order valence-electron chi connectivity index (χ1n) is 4.83. The third kappa shape index (κ3) is 4.95. The van der Waals surface area contributed by atoms with Gasteiger partial charge in [0.15, 0.2) is 0 Å². The molecule has 0 saturated heterocycles. The number of anilines is 1. The number of nitrogens with zero attached hydrogens (tertiary/aromatic N) is 1. The van der Waals surface area contributed by atoms with Gasteiger partial charge in [0, 0.05) is 25.5 Å². The predicted octanol–water partition coefficient (Wildman–Crippen LogP) is 0.909. The molecule has 0 aliphatic carbocycles. The molecular formula is C10H14ClN3O2. The molecule has 6 heteroatoms. The Hall–Kier alpha value is -1.33. The van der Waals surface area contributed by atoms with Crippen molar-refractivity contribution in [2.24, 2.45) is 0 Å². The highest BCUT2D eigenvalue weighted by Gasteiger charge is 2.00. The minimum Gasteiger partial charge on any atom is -0.383 e. The SMILES string of the molecule is COCCNC(=O)CNc1ccnc(Cl)c1. The van der Waals surface area contributed by atoms with Crippen molar-refractivity contribution in [3.05, 3.63) is 23.5 Å². The van der Waals surface area contributed by atoms with Crippen molar-refractivity contribution >= 4 is 23.2 Å². The molecule has 0 aliphatic rings. The maximum atomic E-state index is 11.3. The van der Waals surface area contributed by atoms with E-state index < -0.39 is 0 Å². The number of carbonyl (C=O) groups is 1. The predicted molar refractivity (Wildman–Crippen MR) is 62.6 cm³/mol. The van der Waals surface area contributed by atoms with Crippen LogP contribution in [0.2, 0.25) is 5.15 Å². The Morgan fingerprint density at radius 1 is 1.62 bits per heavy atom. The lowest BCUT2D eigenvalue weighted by atomic mass is 10.4. The maximum absolute atomic E-state index is 11.3. The van der Waals surface area contributed by atoms with Gasteiger partial charge < -0.3 is 15.4 Å². The second-order valence-corrected chi connectivity index (χ2v) is 3.45. The Bertz CT molecular complexity index is 347. The summed E-state index contributed by atoms with van der Waals surface area (Å²) in [5.41, 5.74) is 0.766. The Morgan fingerprint density at radius 2 is 2.44 bits per heavy atom. The summed E-state index contributed by atoms with van der Waals surface area (Å²) >= 11 is 5.69. The third-order valence-corrected chi connectivity index (χ3v) is 2.01. The molecule has 0 saturated carbocycles. The van der Waals surface area contributed by atoms with Crippen molar-refractivity contribution in [1.29, 1.82) is 0 Å². The van der Waals surface area contributed by atoms with Gasteiger partial charge in [0.25, 0.3) is 0 Å². The molecule has 0 unspecified atom stereocenters. The van der Waals surface area contributed by atoms with Crippen LogP contribution in [0.1, 0.15) is 0 Å². The number of hydrogen-bond donors (Lipinski definition) is 2. The zero-order chi connectivity index (χ0) is 11.8. The standard InChI is InChI=1S/C10H14ClN3O2/c1-16-5-4-13-10(15)7-14-8-2-3-12-9(11)6-8/h2-3,6H,4-5,7H2,1H3,(H,12,14)(H,13,15). The molecule has 16 heavy (non-hydrogen) atoms. The van der Waals surface area contributed by atoms with E-state index in [-0.39, 0.29) is 12.5 Å². The van der Waals surface area contributed by atoms with E-state index in [1.54, 1.807) is 25.4 Å². The van der Waals surface area contributed by atoms with Gasteiger partial charge in [-0.15, -0.1) is 0 Å². The van der Waals surface area contributed by atoms with Gasteiger partial charge in [0.1, 0.15) is 5.15 Å². The summed E-state index contributed by atoms with van der Waals surface area (Å²) in [6.07, 6.45) is 1.58. The second-order valence-electron chi connectivity index (χ2n) is 3.06. The van der Waals surface area contributed by atoms with Crippen LogP contribution in [0.15, 0.2) is 18.3 Å². The van der Waals surface area contributed by atoms with Crippen LogP contribution in [0.25, 0.3) is 0 Å². The van der Waals surface area contributed by atoms with E-state index in [1.807, 2.05) is 0 Å². The normalized spacial score (nSPS) is 9.88.